The summed E-state index contributed by atoms with van der Waals surface area (Å²) in [4.78, 5) is 27.7. The molecule has 0 atom stereocenters. The largest absolute Gasteiger partial charge is 0.387 e. The summed E-state index contributed by atoms with van der Waals surface area (Å²) < 4.78 is 1.55. The Morgan fingerprint density at radius 2 is 1.85 bits per heavy atom. The van der Waals surface area contributed by atoms with Crippen molar-refractivity contribution in [2.45, 2.75) is 13.3 Å². The molecule has 6 heteroatoms. The normalized spacial score (nSPS) is 10.8. The Morgan fingerprint density at radius 1 is 1.15 bits per heavy atom. The van der Waals surface area contributed by atoms with Crippen LogP contribution >= 0.6 is 11.6 Å². The average Bonchev–Trinajstić information content (AvgIpc) is 2.68. The summed E-state index contributed by atoms with van der Waals surface area (Å²) >= 11 is 6.41. The van der Waals surface area contributed by atoms with Crippen molar-refractivity contribution >= 4 is 39.8 Å². The van der Waals surface area contributed by atoms with Crippen LogP contribution in [0, 0.1) is 0 Å². The van der Waals surface area contributed by atoms with Gasteiger partial charge in [-0.2, -0.15) is 0 Å². The van der Waals surface area contributed by atoms with Gasteiger partial charge in [0.15, 0.2) is 0 Å². The molecule has 2 aromatic carbocycles. The number of likely N-dealkylation sites (N-methyl/N-ethyl adjacent to an activating group) is 1. The van der Waals surface area contributed by atoms with Crippen LogP contribution in [0.15, 0.2) is 53.3 Å². The van der Waals surface area contributed by atoms with Crippen molar-refractivity contribution in [1.82, 2.24) is 4.57 Å². The Morgan fingerprint density at radius 3 is 2.48 bits per heavy atom. The zero-order valence-electron chi connectivity index (χ0n) is 15.6. The minimum atomic E-state index is -0.202. The van der Waals surface area contributed by atoms with E-state index in [1.165, 1.54) is 0 Å². The molecule has 0 saturated carbocycles. The maximum atomic E-state index is 13.0. The summed E-state index contributed by atoms with van der Waals surface area (Å²) in [5, 5.41) is 4.36. The summed E-state index contributed by atoms with van der Waals surface area (Å²) in [5.74, 6) is -0.135. The summed E-state index contributed by atoms with van der Waals surface area (Å²) in [7, 11) is 3.43. The second kappa shape index (κ2) is 7.84. The Balaban J connectivity index is 2.12. The molecule has 1 N–H and O–H groups in total. The molecule has 3 rings (SSSR count). The molecular weight excluding hydrogens is 362 g/mol. The number of fused-ring (bicyclic) bond motifs is 1. The lowest BCUT2D eigenvalue weighted by Crippen LogP contribution is -2.35. The third kappa shape index (κ3) is 3.43. The van der Waals surface area contributed by atoms with Crippen LogP contribution in [0.5, 0.6) is 0 Å². The number of carbonyl (C=O) groups excluding carboxylic acids is 1. The quantitative estimate of drug-likeness (QED) is 0.728. The molecule has 0 bridgehead atoms. The van der Waals surface area contributed by atoms with Crippen LogP contribution in [0.2, 0.25) is 5.02 Å². The monoisotopic (exact) mass is 383 g/mol. The van der Waals surface area contributed by atoms with Gasteiger partial charge in [0, 0.05) is 31.7 Å². The number of carbonyl (C=O) groups is 1. The molecule has 0 unspecified atom stereocenters. The van der Waals surface area contributed by atoms with Crippen molar-refractivity contribution in [3.63, 3.8) is 0 Å². The van der Waals surface area contributed by atoms with Gasteiger partial charge in [-0.3, -0.25) is 9.59 Å². The number of hydrogen-bond donors (Lipinski definition) is 1. The number of benzene rings is 2. The first-order valence-electron chi connectivity index (χ1n) is 8.82. The molecule has 0 fully saturated rings. The van der Waals surface area contributed by atoms with Crippen LogP contribution in [-0.2, 0) is 18.3 Å². The van der Waals surface area contributed by atoms with Gasteiger partial charge in [0.05, 0.1) is 28.2 Å². The van der Waals surface area contributed by atoms with Crippen molar-refractivity contribution in [2.24, 2.45) is 7.05 Å². The SMILES string of the molecule is CCN(C(=O)Cc1c(NC)c2c(Cl)cccc2n(C)c1=O)c1ccccc1. The molecule has 1 amide bonds. The molecule has 1 heterocycles. The van der Waals surface area contributed by atoms with Crippen LogP contribution in [0.25, 0.3) is 10.9 Å². The number of aromatic nitrogens is 1. The number of halogens is 1. The molecular formula is C21H22ClN3O2. The molecule has 140 valence electrons. The minimum absolute atomic E-state index is 0.00720. The number of hydrogen-bond acceptors (Lipinski definition) is 3. The molecule has 0 saturated heterocycles. The van der Waals surface area contributed by atoms with Crippen molar-refractivity contribution in [3.05, 3.63) is 69.5 Å². The smallest absolute Gasteiger partial charge is 0.256 e. The predicted octanol–water partition coefficient (Wildman–Crippen LogP) is 3.83. The van der Waals surface area contributed by atoms with E-state index in [1.54, 1.807) is 29.6 Å². The van der Waals surface area contributed by atoms with E-state index in [0.29, 0.717) is 22.8 Å². The fourth-order valence-electron chi connectivity index (χ4n) is 3.41. The summed E-state index contributed by atoms with van der Waals surface area (Å²) in [6, 6.07) is 14.9. The number of amides is 1. The van der Waals surface area contributed by atoms with Gasteiger partial charge in [0.2, 0.25) is 5.91 Å². The first-order chi connectivity index (χ1) is 13.0. The highest BCUT2D eigenvalue weighted by molar-refractivity contribution is 6.36. The summed E-state index contributed by atoms with van der Waals surface area (Å²) in [5.41, 5.74) is 2.36. The number of nitrogens with zero attached hydrogens (tertiary/aromatic N) is 2. The van der Waals surface area contributed by atoms with Gasteiger partial charge >= 0.3 is 0 Å². The predicted molar refractivity (Wildman–Crippen MR) is 112 cm³/mol. The van der Waals surface area contributed by atoms with Crippen molar-refractivity contribution in [2.75, 3.05) is 23.8 Å². The molecule has 5 nitrogen and oxygen atoms in total. The minimum Gasteiger partial charge on any atom is -0.387 e. The van der Waals surface area contributed by atoms with E-state index >= 15 is 0 Å². The highest BCUT2D eigenvalue weighted by Crippen LogP contribution is 2.31. The van der Waals surface area contributed by atoms with Crippen molar-refractivity contribution in [1.29, 1.82) is 0 Å². The molecule has 0 spiro atoms. The third-order valence-electron chi connectivity index (χ3n) is 4.73. The molecule has 27 heavy (non-hydrogen) atoms. The van der Waals surface area contributed by atoms with Crippen molar-refractivity contribution < 1.29 is 4.79 Å². The topological polar surface area (TPSA) is 54.3 Å². The summed E-state index contributed by atoms with van der Waals surface area (Å²) in [6.07, 6.45) is -0.00720. The summed E-state index contributed by atoms with van der Waals surface area (Å²) in [6.45, 7) is 2.44. The second-order valence-corrected chi connectivity index (χ2v) is 6.66. The maximum Gasteiger partial charge on any atom is 0.256 e. The third-order valence-corrected chi connectivity index (χ3v) is 5.05. The number of para-hydroxylation sites is 1. The molecule has 0 aliphatic carbocycles. The average molecular weight is 384 g/mol. The maximum absolute atomic E-state index is 13.0. The van der Waals surface area contributed by atoms with E-state index < -0.39 is 0 Å². The van der Waals surface area contributed by atoms with Crippen LogP contribution in [0.3, 0.4) is 0 Å². The first kappa shape index (κ1) is 19.0. The zero-order valence-corrected chi connectivity index (χ0v) is 16.4. The molecule has 1 aromatic heterocycles. The van der Waals surface area contributed by atoms with E-state index in [9.17, 15) is 9.59 Å². The number of aryl methyl sites for hydroxylation is 1. The van der Waals surface area contributed by atoms with Crippen molar-refractivity contribution in [3.8, 4) is 0 Å². The fourth-order valence-corrected chi connectivity index (χ4v) is 3.67. The standard InChI is InChI=1S/C21H22ClN3O2/c1-4-25(14-9-6-5-7-10-14)18(26)13-15-20(23-2)19-16(22)11-8-12-17(19)24(3)21(15)27/h5-12,23H,4,13H2,1-3H3. The number of rotatable bonds is 5. The van der Waals surface area contributed by atoms with Crippen LogP contribution < -0.4 is 15.8 Å². The molecule has 0 radical (unpaired) electrons. The highest BCUT2D eigenvalue weighted by atomic mass is 35.5. The van der Waals surface area contributed by atoms with Crippen LogP contribution in [-0.4, -0.2) is 24.1 Å². The van der Waals surface area contributed by atoms with E-state index in [0.717, 1.165) is 16.6 Å². The Bertz CT molecular complexity index is 1040. The van der Waals surface area contributed by atoms with E-state index in [1.807, 2.05) is 49.4 Å². The van der Waals surface area contributed by atoms with Gasteiger partial charge in [-0.25, -0.2) is 0 Å². The molecule has 0 aliphatic rings. The zero-order chi connectivity index (χ0) is 19.6. The van der Waals surface area contributed by atoms with Crippen LogP contribution in [0.1, 0.15) is 12.5 Å². The van der Waals surface area contributed by atoms with E-state index in [2.05, 4.69) is 5.32 Å². The fraction of sp³-hybridized carbons (Fsp3) is 0.238. The van der Waals surface area contributed by atoms with Gasteiger partial charge in [0.25, 0.3) is 5.56 Å². The lowest BCUT2D eigenvalue weighted by Gasteiger charge is -2.22. The Hall–Kier alpha value is -2.79. The Labute approximate surface area is 163 Å². The number of nitrogens with one attached hydrogen (secondary N) is 1. The lowest BCUT2D eigenvalue weighted by molar-refractivity contribution is -0.117. The number of pyridine rings is 1. The van der Waals surface area contributed by atoms with Gasteiger partial charge in [-0.1, -0.05) is 35.9 Å². The molecule has 3 aromatic rings. The highest BCUT2D eigenvalue weighted by Gasteiger charge is 2.22. The van der Waals surface area contributed by atoms with E-state index in [4.69, 9.17) is 11.6 Å². The molecule has 0 aliphatic heterocycles. The van der Waals surface area contributed by atoms with Gasteiger partial charge in [-0.15, -0.1) is 0 Å². The van der Waals surface area contributed by atoms with E-state index in [-0.39, 0.29) is 17.9 Å². The second-order valence-electron chi connectivity index (χ2n) is 6.25. The first-order valence-corrected chi connectivity index (χ1v) is 9.20. The van der Waals surface area contributed by atoms with Gasteiger partial charge < -0.3 is 14.8 Å². The lowest BCUT2D eigenvalue weighted by atomic mass is 10.0. The number of anilines is 2. The Kier molecular flexibility index (Phi) is 5.51. The van der Waals surface area contributed by atoms with Crippen LogP contribution in [0.4, 0.5) is 11.4 Å². The van der Waals surface area contributed by atoms with Gasteiger partial charge in [0.1, 0.15) is 0 Å². The van der Waals surface area contributed by atoms with Gasteiger partial charge in [-0.05, 0) is 31.2 Å².